The molecule has 1 heterocycles. The van der Waals surface area contributed by atoms with E-state index in [-0.39, 0.29) is 0 Å². The van der Waals surface area contributed by atoms with Crippen LogP contribution in [0.1, 0.15) is 47.5 Å². The van der Waals surface area contributed by atoms with E-state index >= 15 is 0 Å². The Kier molecular flexibility index (Phi) is 10.8. The Morgan fingerprint density at radius 2 is 1.33 bits per heavy atom. The molecule has 1 nitrogen and oxygen atoms in total. The molecule has 0 saturated carbocycles. The van der Waals surface area contributed by atoms with Gasteiger partial charge >= 0.3 is 0 Å². The predicted molar refractivity (Wildman–Crippen MR) is 54.3 cm³/mol. The van der Waals surface area contributed by atoms with Crippen LogP contribution in [-0.4, -0.2) is 18.8 Å². The van der Waals surface area contributed by atoms with Gasteiger partial charge in [-0.2, -0.15) is 0 Å². The third kappa shape index (κ3) is 7.99. The maximum atomic E-state index is 12.8. The number of hydrogen-bond donors (Lipinski definition) is 1. The molecule has 1 N–H and O–H groups in total. The van der Waals surface area contributed by atoms with E-state index in [1.165, 1.54) is 0 Å². The maximum Gasteiger partial charge on any atom is 0.110 e. The molecule has 0 aromatic carbocycles. The van der Waals surface area contributed by atoms with Crippen LogP contribution < -0.4 is 5.32 Å². The molecule has 0 aromatic rings. The van der Waals surface area contributed by atoms with Crippen molar-refractivity contribution in [2.45, 2.75) is 53.1 Å². The van der Waals surface area contributed by atoms with Crippen molar-refractivity contribution in [3.8, 4) is 0 Å². The second-order valence-electron chi connectivity index (χ2n) is 2.66. The summed E-state index contributed by atoms with van der Waals surface area (Å²) in [6.45, 7) is 11.4. The van der Waals surface area contributed by atoms with Gasteiger partial charge in [0.05, 0.1) is 0 Å². The van der Waals surface area contributed by atoms with Crippen LogP contribution in [0, 0.1) is 0 Å². The van der Waals surface area contributed by atoms with Crippen LogP contribution in [0.3, 0.4) is 0 Å². The minimum atomic E-state index is -0.884. The van der Waals surface area contributed by atoms with E-state index in [4.69, 9.17) is 0 Å². The smallest absolute Gasteiger partial charge is 0.110 e. The highest BCUT2D eigenvalue weighted by molar-refractivity contribution is 4.79. The topological polar surface area (TPSA) is 12.0 Å². The molecular formula is C10H24FN. The van der Waals surface area contributed by atoms with Crippen molar-refractivity contribution in [2.24, 2.45) is 0 Å². The van der Waals surface area contributed by atoms with Crippen LogP contribution in [0.25, 0.3) is 0 Å². The average Bonchev–Trinajstić information content (AvgIpc) is 2.11. The van der Waals surface area contributed by atoms with Gasteiger partial charge in [0.2, 0.25) is 0 Å². The van der Waals surface area contributed by atoms with Crippen LogP contribution in [0.4, 0.5) is 4.39 Å². The monoisotopic (exact) mass is 177 g/mol. The molecule has 0 aliphatic carbocycles. The highest BCUT2D eigenvalue weighted by Crippen LogP contribution is 2.20. The van der Waals surface area contributed by atoms with Gasteiger partial charge in [-0.15, -0.1) is 0 Å². The van der Waals surface area contributed by atoms with Crippen molar-refractivity contribution in [2.75, 3.05) is 13.1 Å². The zero-order valence-electron chi connectivity index (χ0n) is 9.21. The van der Waals surface area contributed by atoms with E-state index < -0.39 is 5.67 Å². The molecule has 0 radical (unpaired) electrons. The van der Waals surface area contributed by atoms with Crippen LogP contribution >= 0.6 is 0 Å². The van der Waals surface area contributed by atoms with Crippen molar-refractivity contribution >= 4 is 0 Å². The standard InChI is InChI=1S/C6H12FN.2C2H6/c1-6(7)2-4-8-5-3-6;2*1-2/h8H,2-5H2,1H3;2*1-2H3. The summed E-state index contributed by atoms with van der Waals surface area (Å²) in [6, 6.07) is 0. The largest absolute Gasteiger partial charge is 0.316 e. The third-order valence-electron chi connectivity index (χ3n) is 1.65. The first-order valence-electron chi connectivity index (χ1n) is 5.10. The summed E-state index contributed by atoms with van der Waals surface area (Å²) in [7, 11) is 0. The zero-order valence-corrected chi connectivity index (χ0v) is 9.21. The molecule has 0 spiro atoms. The molecule has 0 bridgehead atoms. The molecule has 0 aromatic heterocycles. The molecule has 1 fully saturated rings. The molecule has 12 heavy (non-hydrogen) atoms. The Balaban J connectivity index is 0. The molecule has 1 saturated heterocycles. The van der Waals surface area contributed by atoms with E-state index in [0.717, 1.165) is 13.1 Å². The minimum absolute atomic E-state index is 0.674. The lowest BCUT2D eigenvalue weighted by molar-refractivity contribution is 0.139. The van der Waals surface area contributed by atoms with Crippen molar-refractivity contribution < 1.29 is 4.39 Å². The highest BCUT2D eigenvalue weighted by Gasteiger charge is 2.24. The first-order chi connectivity index (χ1) is 5.71. The van der Waals surface area contributed by atoms with Crippen molar-refractivity contribution in [1.29, 1.82) is 0 Å². The fourth-order valence-corrected chi connectivity index (χ4v) is 0.948. The predicted octanol–water partition coefficient (Wildman–Crippen LogP) is 3.15. The molecular weight excluding hydrogens is 153 g/mol. The van der Waals surface area contributed by atoms with Crippen molar-refractivity contribution in [1.82, 2.24) is 5.32 Å². The Hall–Kier alpha value is -0.110. The number of nitrogens with one attached hydrogen (secondary N) is 1. The maximum absolute atomic E-state index is 12.8. The van der Waals surface area contributed by atoms with Gasteiger partial charge in [0.25, 0.3) is 0 Å². The molecule has 0 unspecified atom stereocenters. The first-order valence-corrected chi connectivity index (χ1v) is 5.10. The lowest BCUT2D eigenvalue weighted by Gasteiger charge is -2.25. The Labute approximate surface area is 76.7 Å². The summed E-state index contributed by atoms with van der Waals surface area (Å²) in [5, 5.41) is 3.10. The van der Waals surface area contributed by atoms with E-state index in [0.29, 0.717) is 12.8 Å². The molecule has 2 heteroatoms. The van der Waals surface area contributed by atoms with Crippen molar-refractivity contribution in [3.63, 3.8) is 0 Å². The summed E-state index contributed by atoms with van der Waals surface area (Å²) in [5.74, 6) is 0. The summed E-state index contributed by atoms with van der Waals surface area (Å²) in [5.41, 5.74) is -0.884. The molecule has 76 valence electrons. The van der Waals surface area contributed by atoms with E-state index in [2.05, 4.69) is 5.32 Å². The second kappa shape index (κ2) is 8.98. The summed E-state index contributed by atoms with van der Waals surface area (Å²) < 4.78 is 12.8. The summed E-state index contributed by atoms with van der Waals surface area (Å²) in [6.07, 6.45) is 1.35. The lowest BCUT2D eigenvalue weighted by Crippen LogP contribution is -2.36. The van der Waals surface area contributed by atoms with Gasteiger partial charge in [-0.05, 0) is 32.9 Å². The van der Waals surface area contributed by atoms with Crippen LogP contribution in [0.5, 0.6) is 0 Å². The van der Waals surface area contributed by atoms with Gasteiger partial charge in [-0.25, -0.2) is 4.39 Å². The summed E-state index contributed by atoms with van der Waals surface area (Å²) >= 11 is 0. The van der Waals surface area contributed by atoms with Crippen LogP contribution in [0.2, 0.25) is 0 Å². The fraction of sp³-hybridized carbons (Fsp3) is 1.00. The van der Waals surface area contributed by atoms with E-state index in [1.54, 1.807) is 6.92 Å². The third-order valence-corrected chi connectivity index (χ3v) is 1.65. The number of alkyl halides is 1. The minimum Gasteiger partial charge on any atom is -0.316 e. The van der Waals surface area contributed by atoms with Gasteiger partial charge in [-0.1, -0.05) is 27.7 Å². The second-order valence-corrected chi connectivity index (χ2v) is 2.66. The molecule has 0 amide bonds. The number of piperidine rings is 1. The van der Waals surface area contributed by atoms with E-state index in [1.807, 2.05) is 27.7 Å². The van der Waals surface area contributed by atoms with E-state index in [9.17, 15) is 4.39 Å². The van der Waals surface area contributed by atoms with Gasteiger partial charge in [-0.3, -0.25) is 0 Å². The molecule has 1 aliphatic rings. The molecule has 1 aliphatic heterocycles. The van der Waals surface area contributed by atoms with Gasteiger partial charge in [0.15, 0.2) is 0 Å². The van der Waals surface area contributed by atoms with Crippen LogP contribution in [-0.2, 0) is 0 Å². The van der Waals surface area contributed by atoms with Gasteiger partial charge < -0.3 is 5.32 Å². The zero-order chi connectivity index (χ0) is 10.0. The fourth-order valence-electron chi connectivity index (χ4n) is 0.948. The van der Waals surface area contributed by atoms with Crippen molar-refractivity contribution in [3.05, 3.63) is 0 Å². The summed E-state index contributed by atoms with van der Waals surface area (Å²) in [4.78, 5) is 0. The molecule has 1 rings (SSSR count). The lowest BCUT2D eigenvalue weighted by atomic mass is 9.97. The normalized spacial score (nSPS) is 19.5. The quantitative estimate of drug-likeness (QED) is 0.599. The van der Waals surface area contributed by atoms with Gasteiger partial charge in [0, 0.05) is 0 Å². The molecule has 0 atom stereocenters. The highest BCUT2D eigenvalue weighted by atomic mass is 19.1. The number of rotatable bonds is 0. The van der Waals surface area contributed by atoms with Gasteiger partial charge in [0.1, 0.15) is 5.67 Å². The Morgan fingerprint density at radius 1 is 1.00 bits per heavy atom. The Morgan fingerprint density at radius 3 is 1.50 bits per heavy atom. The Bertz CT molecular complexity index is 73.9. The van der Waals surface area contributed by atoms with Crippen LogP contribution in [0.15, 0.2) is 0 Å². The SMILES string of the molecule is CC.CC.CC1(F)CCNCC1. The number of hydrogen-bond acceptors (Lipinski definition) is 1. The first kappa shape index (κ1) is 14.4. The number of halogens is 1. The average molecular weight is 177 g/mol.